The van der Waals surface area contributed by atoms with Gasteiger partial charge in [0.2, 0.25) is 0 Å². The van der Waals surface area contributed by atoms with Crippen LogP contribution in [0.1, 0.15) is 34.6 Å². The maximum absolute atomic E-state index is 12.7. The van der Waals surface area contributed by atoms with E-state index < -0.39 is 0 Å². The van der Waals surface area contributed by atoms with Crippen LogP contribution in [0.25, 0.3) is 10.9 Å². The van der Waals surface area contributed by atoms with E-state index >= 15 is 0 Å². The van der Waals surface area contributed by atoms with Crippen LogP contribution >= 0.6 is 0 Å². The van der Waals surface area contributed by atoms with Gasteiger partial charge >= 0.3 is 0 Å². The maximum Gasteiger partial charge on any atom is 0.269 e. The van der Waals surface area contributed by atoms with Gasteiger partial charge in [-0.25, -0.2) is 4.98 Å². The number of carbonyl (C=O) groups is 1. The Morgan fingerprint density at radius 2 is 2.07 bits per heavy atom. The van der Waals surface area contributed by atoms with Gasteiger partial charge in [0.15, 0.2) is 0 Å². The number of anilines is 1. The third-order valence-corrected chi connectivity index (χ3v) is 5.53. The standard InChI is InChI=1S/C22H27N5O2/c1-14-10-21(24-19-12-17(29-4)7-8-18(14)19)27-9-5-6-16(13-27)23-22(28)20-11-15(2)25-26(20)3/h7-8,10-12,16H,5-6,9,13H2,1-4H3,(H,23,28). The van der Waals surface area contributed by atoms with Gasteiger partial charge in [-0.15, -0.1) is 0 Å². The fourth-order valence-corrected chi connectivity index (χ4v) is 4.04. The van der Waals surface area contributed by atoms with Gasteiger partial charge < -0.3 is 15.0 Å². The molecule has 4 rings (SSSR count). The molecule has 3 heterocycles. The molecule has 2 aromatic heterocycles. The number of benzene rings is 1. The van der Waals surface area contributed by atoms with Gasteiger partial charge in [0, 0.05) is 37.6 Å². The summed E-state index contributed by atoms with van der Waals surface area (Å²) in [5.41, 5.74) is 3.54. The molecule has 7 nitrogen and oxygen atoms in total. The summed E-state index contributed by atoms with van der Waals surface area (Å²) >= 11 is 0. The molecule has 1 aromatic carbocycles. The first-order valence-electron chi connectivity index (χ1n) is 9.96. The van der Waals surface area contributed by atoms with Crippen molar-refractivity contribution in [2.24, 2.45) is 7.05 Å². The van der Waals surface area contributed by atoms with Crippen LogP contribution in [0.5, 0.6) is 5.75 Å². The summed E-state index contributed by atoms with van der Waals surface area (Å²) in [4.78, 5) is 19.8. The summed E-state index contributed by atoms with van der Waals surface area (Å²) in [5, 5.41) is 8.56. The minimum atomic E-state index is -0.0765. The van der Waals surface area contributed by atoms with Crippen molar-refractivity contribution in [2.45, 2.75) is 32.7 Å². The molecule has 7 heteroatoms. The third-order valence-electron chi connectivity index (χ3n) is 5.53. The van der Waals surface area contributed by atoms with Crippen molar-refractivity contribution in [2.75, 3.05) is 25.1 Å². The van der Waals surface area contributed by atoms with E-state index in [0.29, 0.717) is 5.69 Å². The molecular weight excluding hydrogens is 366 g/mol. The number of hydrogen-bond acceptors (Lipinski definition) is 5. The summed E-state index contributed by atoms with van der Waals surface area (Å²) in [6, 6.07) is 10.0. The van der Waals surface area contributed by atoms with Crippen molar-refractivity contribution in [3.63, 3.8) is 0 Å². The molecule has 1 amide bonds. The number of amides is 1. The minimum Gasteiger partial charge on any atom is -0.497 e. The van der Waals surface area contributed by atoms with Crippen LogP contribution in [0.4, 0.5) is 5.82 Å². The number of hydrogen-bond donors (Lipinski definition) is 1. The zero-order valence-corrected chi connectivity index (χ0v) is 17.4. The fourth-order valence-electron chi connectivity index (χ4n) is 4.04. The van der Waals surface area contributed by atoms with Gasteiger partial charge in [0.1, 0.15) is 17.3 Å². The molecule has 0 saturated carbocycles. The second-order valence-corrected chi connectivity index (χ2v) is 7.73. The Hall–Kier alpha value is -3.09. The highest BCUT2D eigenvalue weighted by atomic mass is 16.5. The number of aromatic nitrogens is 3. The summed E-state index contributed by atoms with van der Waals surface area (Å²) in [6.07, 6.45) is 1.96. The second-order valence-electron chi connectivity index (χ2n) is 7.73. The Kier molecular flexibility index (Phi) is 5.13. The lowest BCUT2D eigenvalue weighted by Crippen LogP contribution is -2.48. The van der Waals surface area contributed by atoms with Crippen molar-refractivity contribution in [1.29, 1.82) is 0 Å². The SMILES string of the molecule is COc1ccc2c(C)cc(N3CCCC(NC(=O)c4cc(C)nn4C)C3)nc2c1. The zero-order valence-electron chi connectivity index (χ0n) is 17.4. The predicted octanol–water partition coefficient (Wildman–Crippen LogP) is 2.99. The van der Waals surface area contributed by atoms with Crippen LogP contribution in [-0.2, 0) is 7.05 Å². The van der Waals surface area contributed by atoms with E-state index in [2.05, 4.69) is 34.4 Å². The van der Waals surface area contributed by atoms with Gasteiger partial charge in [-0.05, 0) is 56.5 Å². The topological polar surface area (TPSA) is 72.3 Å². The molecule has 3 aromatic rings. The normalized spacial score (nSPS) is 16.8. The molecule has 29 heavy (non-hydrogen) atoms. The van der Waals surface area contributed by atoms with Crippen LogP contribution in [0.2, 0.25) is 0 Å². The van der Waals surface area contributed by atoms with Crippen LogP contribution in [0.3, 0.4) is 0 Å². The van der Waals surface area contributed by atoms with E-state index in [1.54, 1.807) is 18.8 Å². The molecule has 1 unspecified atom stereocenters. The Balaban J connectivity index is 1.53. The molecule has 0 spiro atoms. The average molecular weight is 393 g/mol. The Bertz CT molecular complexity index is 1060. The van der Waals surface area contributed by atoms with Gasteiger partial charge in [-0.3, -0.25) is 9.48 Å². The number of pyridine rings is 1. The zero-order chi connectivity index (χ0) is 20.5. The van der Waals surface area contributed by atoms with E-state index in [-0.39, 0.29) is 11.9 Å². The van der Waals surface area contributed by atoms with Gasteiger partial charge in [-0.2, -0.15) is 5.10 Å². The number of aryl methyl sites for hydroxylation is 3. The van der Waals surface area contributed by atoms with Gasteiger partial charge in [0.05, 0.1) is 18.3 Å². The lowest BCUT2D eigenvalue weighted by Gasteiger charge is -2.34. The number of piperidine rings is 1. The van der Waals surface area contributed by atoms with Crippen LogP contribution in [0.15, 0.2) is 30.3 Å². The average Bonchev–Trinajstić information content (AvgIpc) is 3.05. The van der Waals surface area contributed by atoms with Crippen molar-refractivity contribution < 1.29 is 9.53 Å². The van der Waals surface area contributed by atoms with E-state index in [1.165, 1.54) is 5.56 Å². The van der Waals surface area contributed by atoms with Crippen LogP contribution in [0, 0.1) is 13.8 Å². The largest absolute Gasteiger partial charge is 0.497 e. The number of fused-ring (bicyclic) bond motifs is 1. The molecular formula is C22H27N5O2. The summed E-state index contributed by atoms with van der Waals surface area (Å²) in [6.45, 7) is 5.67. The maximum atomic E-state index is 12.7. The highest BCUT2D eigenvalue weighted by Crippen LogP contribution is 2.27. The molecule has 1 N–H and O–H groups in total. The number of carbonyl (C=O) groups excluding carboxylic acids is 1. The second kappa shape index (κ2) is 7.73. The fraction of sp³-hybridized carbons (Fsp3) is 0.409. The summed E-state index contributed by atoms with van der Waals surface area (Å²) < 4.78 is 6.99. The summed E-state index contributed by atoms with van der Waals surface area (Å²) in [7, 11) is 3.46. The monoisotopic (exact) mass is 393 g/mol. The molecule has 1 saturated heterocycles. The van der Waals surface area contributed by atoms with E-state index in [4.69, 9.17) is 9.72 Å². The van der Waals surface area contributed by atoms with E-state index in [9.17, 15) is 4.79 Å². The van der Waals surface area contributed by atoms with Crippen molar-refractivity contribution in [3.8, 4) is 5.75 Å². The smallest absolute Gasteiger partial charge is 0.269 e. The minimum absolute atomic E-state index is 0.0765. The number of nitrogens with one attached hydrogen (secondary N) is 1. The number of methoxy groups -OCH3 is 1. The first-order valence-corrected chi connectivity index (χ1v) is 9.96. The van der Waals surface area contributed by atoms with Gasteiger partial charge in [0.25, 0.3) is 5.91 Å². The number of ether oxygens (including phenoxy) is 1. The van der Waals surface area contributed by atoms with Crippen molar-refractivity contribution in [3.05, 3.63) is 47.3 Å². The first-order chi connectivity index (χ1) is 13.9. The first kappa shape index (κ1) is 19.2. The Morgan fingerprint density at radius 1 is 1.24 bits per heavy atom. The third kappa shape index (κ3) is 3.90. The molecule has 1 aliphatic rings. The van der Waals surface area contributed by atoms with E-state index in [0.717, 1.165) is 54.1 Å². The lowest BCUT2D eigenvalue weighted by molar-refractivity contribution is 0.0923. The number of rotatable bonds is 4. The number of nitrogens with zero attached hydrogens (tertiary/aromatic N) is 4. The van der Waals surface area contributed by atoms with Crippen LogP contribution < -0.4 is 15.0 Å². The molecule has 0 aliphatic carbocycles. The molecule has 1 atom stereocenters. The quantitative estimate of drug-likeness (QED) is 0.738. The molecule has 152 valence electrons. The highest BCUT2D eigenvalue weighted by Gasteiger charge is 2.24. The lowest BCUT2D eigenvalue weighted by atomic mass is 10.0. The van der Waals surface area contributed by atoms with Gasteiger partial charge in [-0.1, -0.05) is 0 Å². The predicted molar refractivity (Wildman–Crippen MR) is 114 cm³/mol. The Morgan fingerprint density at radius 3 is 2.79 bits per heavy atom. The molecule has 0 bridgehead atoms. The summed E-state index contributed by atoms with van der Waals surface area (Å²) in [5.74, 6) is 1.67. The molecule has 1 fully saturated rings. The van der Waals surface area contributed by atoms with Crippen LogP contribution in [-0.4, -0.2) is 46.9 Å². The molecule has 0 radical (unpaired) electrons. The Labute approximate surface area is 170 Å². The van der Waals surface area contributed by atoms with Crippen molar-refractivity contribution >= 4 is 22.6 Å². The van der Waals surface area contributed by atoms with Crippen molar-refractivity contribution in [1.82, 2.24) is 20.1 Å². The molecule has 1 aliphatic heterocycles. The highest BCUT2D eigenvalue weighted by molar-refractivity contribution is 5.93. The van der Waals surface area contributed by atoms with E-state index in [1.807, 2.05) is 25.1 Å².